The number of H-pyrrole nitrogens is 1. The molecule has 1 aliphatic heterocycles. The van der Waals surface area contributed by atoms with Gasteiger partial charge in [0, 0.05) is 25.4 Å². The number of amides is 2. The van der Waals surface area contributed by atoms with E-state index in [9.17, 15) is 9.59 Å². The molecule has 1 fully saturated rings. The molecule has 0 saturated carbocycles. The first kappa shape index (κ1) is 21.6. The van der Waals surface area contributed by atoms with E-state index < -0.39 is 0 Å². The summed E-state index contributed by atoms with van der Waals surface area (Å²) in [6.07, 6.45) is 5.40. The predicted molar refractivity (Wildman–Crippen MR) is 130 cm³/mol. The number of aromatic nitrogens is 5. The van der Waals surface area contributed by atoms with E-state index in [0.29, 0.717) is 26.1 Å². The lowest BCUT2D eigenvalue weighted by Gasteiger charge is -2.14. The zero-order valence-electron chi connectivity index (χ0n) is 17.8. The third-order valence-corrected chi connectivity index (χ3v) is 6.97. The topological polar surface area (TPSA) is 121 Å². The number of nitrogens with one attached hydrogen (secondary N) is 3. The van der Waals surface area contributed by atoms with E-state index >= 15 is 0 Å². The zero-order valence-corrected chi connectivity index (χ0v) is 20.2. The van der Waals surface area contributed by atoms with Crippen LogP contribution in [-0.4, -0.2) is 54.8 Å². The molecule has 0 spiro atoms. The lowest BCUT2D eigenvalue weighted by Crippen LogP contribution is -2.31. The number of aryl methyl sites for hydroxylation is 1. The summed E-state index contributed by atoms with van der Waals surface area (Å²) in [5.74, 6) is 0.379. The average Bonchev–Trinajstić information content (AvgIpc) is 3.59. The molecular formula is C21H21BrN8O2S. The molecule has 10 nitrogen and oxygen atoms in total. The van der Waals surface area contributed by atoms with E-state index in [4.69, 9.17) is 0 Å². The Kier molecular flexibility index (Phi) is 5.85. The van der Waals surface area contributed by atoms with Crippen LogP contribution in [0, 0.1) is 6.92 Å². The van der Waals surface area contributed by atoms with Crippen molar-refractivity contribution in [2.45, 2.75) is 26.3 Å². The number of likely N-dealkylation sites (tertiary alicyclic amines) is 1. The Morgan fingerprint density at radius 1 is 1.24 bits per heavy atom. The van der Waals surface area contributed by atoms with Crippen LogP contribution in [0.25, 0.3) is 10.9 Å². The van der Waals surface area contributed by atoms with Crippen LogP contribution >= 0.6 is 27.3 Å². The molecule has 0 radical (unpaired) electrons. The largest absolute Gasteiger partial charge is 0.341 e. The number of carbonyl (C=O) groups excluding carboxylic acids is 2. The lowest BCUT2D eigenvalue weighted by molar-refractivity contribution is -0.130. The second-order valence-corrected chi connectivity index (χ2v) is 9.61. The van der Waals surface area contributed by atoms with E-state index in [2.05, 4.69) is 46.8 Å². The Labute approximate surface area is 201 Å². The fraction of sp³-hybridized carbons (Fsp3) is 0.286. The standard InChI is InChI=1S/C21H21BrN8O2S/c1-12-4-5-13-17(19(22)27-26-13)18(12)25-20(32)14-10-23-21(33-14)24-15-6-9-30(28-15)11-16(31)29-7-2-3-8-29/h4-6,9-10H,2-3,7-8,11H2,1H3,(H,25,32)(H,26,27)(H,23,24,28). The van der Waals surface area contributed by atoms with E-state index in [0.717, 1.165) is 42.4 Å². The zero-order chi connectivity index (χ0) is 22.9. The van der Waals surface area contributed by atoms with Crippen molar-refractivity contribution >= 4 is 66.6 Å². The van der Waals surface area contributed by atoms with Gasteiger partial charge in [0.15, 0.2) is 10.9 Å². The quantitative estimate of drug-likeness (QED) is 0.349. The Morgan fingerprint density at radius 2 is 2.06 bits per heavy atom. The first-order chi connectivity index (χ1) is 16.0. The van der Waals surface area contributed by atoms with Crippen molar-refractivity contribution in [3.05, 3.63) is 45.6 Å². The second kappa shape index (κ2) is 8.94. The molecule has 4 aromatic rings. The minimum absolute atomic E-state index is 0.0740. The van der Waals surface area contributed by atoms with Gasteiger partial charge in [-0.05, 0) is 47.3 Å². The highest BCUT2D eigenvalue weighted by atomic mass is 79.9. The smallest absolute Gasteiger partial charge is 0.267 e. The Bertz CT molecular complexity index is 1340. The monoisotopic (exact) mass is 528 g/mol. The Hall–Kier alpha value is -3.25. The molecule has 0 atom stereocenters. The Balaban J connectivity index is 1.25. The van der Waals surface area contributed by atoms with Gasteiger partial charge in [-0.2, -0.15) is 10.2 Å². The number of benzene rings is 1. The normalized spacial score (nSPS) is 13.6. The van der Waals surface area contributed by atoms with Gasteiger partial charge in [-0.1, -0.05) is 17.4 Å². The molecule has 1 saturated heterocycles. The maximum absolute atomic E-state index is 12.9. The van der Waals surface area contributed by atoms with Gasteiger partial charge in [0.25, 0.3) is 5.91 Å². The van der Waals surface area contributed by atoms with Crippen LogP contribution in [-0.2, 0) is 11.3 Å². The van der Waals surface area contributed by atoms with Crippen molar-refractivity contribution in [3.8, 4) is 0 Å². The first-order valence-corrected chi connectivity index (χ1v) is 12.1. The van der Waals surface area contributed by atoms with Crippen LogP contribution in [0.2, 0.25) is 0 Å². The summed E-state index contributed by atoms with van der Waals surface area (Å²) in [5.41, 5.74) is 2.38. The van der Waals surface area contributed by atoms with Gasteiger partial charge in [0.2, 0.25) is 5.91 Å². The molecule has 0 unspecified atom stereocenters. The fourth-order valence-electron chi connectivity index (χ4n) is 3.78. The SMILES string of the molecule is Cc1ccc2n[nH]c(Br)c2c1NC(=O)c1cnc(Nc2ccn(CC(=O)N3CCCC3)n2)s1. The van der Waals surface area contributed by atoms with Gasteiger partial charge in [0.05, 0.1) is 22.8 Å². The number of hydrogen-bond acceptors (Lipinski definition) is 7. The highest BCUT2D eigenvalue weighted by Crippen LogP contribution is 2.32. The number of hydrogen-bond donors (Lipinski definition) is 3. The van der Waals surface area contributed by atoms with Crippen molar-refractivity contribution in [3.63, 3.8) is 0 Å². The average molecular weight is 529 g/mol. The van der Waals surface area contributed by atoms with E-state index in [1.54, 1.807) is 16.9 Å². The summed E-state index contributed by atoms with van der Waals surface area (Å²) < 4.78 is 2.32. The fourth-order valence-corrected chi connectivity index (χ4v) is 4.99. The molecule has 0 aliphatic carbocycles. The minimum atomic E-state index is -0.258. The van der Waals surface area contributed by atoms with E-state index in [1.807, 2.05) is 24.0 Å². The molecule has 5 rings (SSSR count). The van der Waals surface area contributed by atoms with Crippen LogP contribution in [0.3, 0.4) is 0 Å². The minimum Gasteiger partial charge on any atom is -0.341 e. The van der Waals surface area contributed by atoms with Crippen LogP contribution in [0.15, 0.2) is 35.2 Å². The third kappa shape index (κ3) is 4.48. The van der Waals surface area contributed by atoms with Gasteiger partial charge in [-0.3, -0.25) is 19.4 Å². The number of thiazole rings is 1. The number of halogens is 1. The maximum Gasteiger partial charge on any atom is 0.267 e. The number of anilines is 3. The number of carbonyl (C=O) groups is 2. The van der Waals surface area contributed by atoms with Gasteiger partial charge >= 0.3 is 0 Å². The molecule has 4 heterocycles. The summed E-state index contributed by atoms with van der Waals surface area (Å²) in [6.45, 7) is 3.78. The van der Waals surface area contributed by atoms with Crippen LogP contribution in [0.4, 0.5) is 16.6 Å². The number of aromatic amines is 1. The number of fused-ring (bicyclic) bond motifs is 1. The molecule has 33 heavy (non-hydrogen) atoms. The van der Waals surface area contributed by atoms with Crippen LogP contribution < -0.4 is 10.6 Å². The Morgan fingerprint density at radius 3 is 2.88 bits per heavy atom. The highest BCUT2D eigenvalue weighted by Gasteiger charge is 2.19. The van der Waals surface area contributed by atoms with Crippen molar-refractivity contribution in [1.82, 2.24) is 29.9 Å². The van der Waals surface area contributed by atoms with Gasteiger partial charge in [0.1, 0.15) is 16.0 Å². The summed E-state index contributed by atoms with van der Waals surface area (Å²) in [6, 6.07) is 5.59. The molecule has 3 N–H and O–H groups in total. The van der Waals surface area contributed by atoms with E-state index in [1.165, 1.54) is 17.5 Å². The predicted octanol–water partition coefficient (Wildman–Crippen LogP) is 3.91. The number of rotatable bonds is 6. The molecule has 12 heteroatoms. The maximum atomic E-state index is 12.9. The van der Waals surface area contributed by atoms with Gasteiger partial charge < -0.3 is 15.5 Å². The molecule has 1 aromatic carbocycles. The second-order valence-electron chi connectivity index (χ2n) is 7.78. The lowest BCUT2D eigenvalue weighted by atomic mass is 10.1. The van der Waals surface area contributed by atoms with Crippen molar-refractivity contribution in [1.29, 1.82) is 0 Å². The first-order valence-electron chi connectivity index (χ1n) is 10.5. The third-order valence-electron chi connectivity index (χ3n) is 5.49. The number of nitrogens with zero attached hydrogens (tertiary/aromatic N) is 5. The molecule has 1 aliphatic rings. The van der Waals surface area contributed by atoms with Gasteiger partial charge in [-0.25, -0.2) is 4.98 Å². The highest BCUT2D eigenvalue weighted by molar-refractivity contribution is 9.10. The van der Waals surface area contributed by atoms with Crippen LogP contribution in [0.1, 0.15) is 28.1 Å². The summed E-state index contributed by atoms with van der Waals surface area (Å²) >= 11 is 4.68. The van der Waals surface area contributed by atoms with Gasteiger partial charge in [-0.15, -0.1) is 0 Å². The van der Waals surface area contributed by atoms with Crippen molar-refractivity contribution < 1.29 is 9.59 Å². The van der Waals surface area contributed by atoms with Crippen molar-refractivity contribution in [2.75, 3.05) is 23.7 Å². The van der Waals surface area contributed by atoms with Crippen LogP contribution in [0.5, 0.6) is 0 Å². The molecule has 2 amide bonds. The van der Waals surface area contributed by atoms with Crippen molar-refractivity contribution in [2.24, 2.45) is 0 Å². The summed E-state index contributed by atoms with van der Waals surface area (Å²) in [5, 5.41) is 18.9. The summed E-state index contributed by atoms with van der Waals surface area (Å²) in [4.78, 5) is 31.8. The molecule has 170 valence electrons. The molecule has 3 aromatic heterocycles. The van der Waals surface area contributed by atoms with E-state index in [-0.39, 0.29) is 18.4 Å². The molecular weight excluding hydrogens is 508 g/mol. The molecule has 0 bridgehead atoms. The summed E-state index contributed by atoms with van der Waals surface area (Å²) in [7, 11) is 0.